The van der Waals surface area contributed by atoms with Crippen LogP contribution in [0.3, 0.4) is 0 Å². The molecule has 0 bridgehead atoms. The topological polar surface area (TPSA) is 79.8 Å². The molecule has 0 atom stereocenters. The Bertz CT molecular complexity index is 1030. The zero-order chi connectivity index (χ0) is 20.5. The van der Waals surface area contributed by atoms with E-state index in [9.17, 15) is 4.79 Å². The van der Waals surface area contributed by atoms with Gasteiger partial charge in [0.15, 0.2) is 11.4 Å². The highest BCUT2D eigenvalue weighted by molar-refractivity contribution is 5.76. The summed E-state index contributed by atoms with van der Waals surface area (Å²) in [4.78, 5) is 21.7. The van der Waals surface area contributed by atoms with Crippen LogP contribution in [-0.2, 0) is 17.8 Å². The number of carbonyl (C=O) groups excluding carboxylic acids is 1. The van der Waals surface area contributed by atoms with Gasteiger partial charge in [0.1, 0.15) is 0 Å². The van der Waals surface area contributed by atoms with Crippen LogP contribution in [0.25, 0.3) is 5.65 Å². The maximum absolute atomic E-state index is 12.8. The van der Waals surface area contributed by atoms with E-state index in [1.165, 1.54) is 0 Å². The van der Waals surface area contributed by atoms with Gasteiger partial charge in [0.2, 0.25) is 5.91 Å². The van der Waals surface area contributed by atoms with Gasteiger partial charge in [0.25, 0.3) is 0 Å². The Kier molecular flexibility index (Phi) is 5.36. The third-order valence-corrected chi connectivity index (χ3v) is 5.66. The van der Waals surface area contributed by atoms with Gasteiger partial charge in [-0.3, -0.25) is 9.69 Å². The van der Waals surface area contributed by atoms with Gasteiger partial charge in [-0.15, -0.1) is 0 Å². The summed E-state index contributed by atoms with van der Waals surface area (Å²) in [6, 6.07) is 3.95. The smallest absolute Gasteiger partial charge is 0.222 e. The number of hydrogen-bond acceptors (Lipinski definition) is 6. The van der Waals surface area contributed by atoms with Crippen molar-refractivity contribution in [3.63, 3.8) is 0 Å². The quantitative estimate of drug-likeness (QED) is 0.658. The Labute approximate surface area is 170 Å². The highest BCUT2D eigenvalue weighted by Gasteiger charge is 2.22. The lowest BCUT2D eigenvalue weighted by atomic mass is 10.1. The standard InChI is InChI=1S/C21H28N6O2/c1-14-12-20-22-16(3)19(17(4)27(20)23-14)5-6-21(28)26-9-7-25(8-10-26)13-18-11-15(2)24-29-18/h11-12H,5-10,13H2,1-4H3. The van der Waals surface area contributed by atoms with Crippen molar-refractivity contribution in [2.75, 3.05) is 26.2 Å². The lowest BCUT2D eigenvalue weighted by molar-refractivity contribution is -0.133. The van der Waals surface area contributed by atoms with Crippen molar-refractivity contribution in [2.45, 2.75) is 47.1 Å². The van der Waals surface area contributed by atoms with E-state index in [-0.39, 0.29) is 5.91 Å². The molecule has 3 aromatic heterocycles. The molecule has 1 fully saturated rings. The van der Waals surface area contributed by atoms with Gasteiger partial charge < -0.3 is 9.42 Å². The van der Waals surface area contributed by atoms with Gasteiger partial charge in [-0.05, 0) is 39.7 Å². The molecule has 1 aliphatic heterocycles. The van der Waals surface area contributed by atoms with Gasteiger partial charge in [-0.2, -0.15) is 5.10 Å². The van der Waals surface area contributed by atoms with Crippen LogP contribution in [0.2, 0.25) is 0 Å². The maximum atomic E-state index is 12.8. The SMILES string of the molecule is Cc1cc(CN2CCN(C(=O)CCc3c(C)nc4cc(C)nn4c3C)CC2)on1. The first-order valence-corrected chi connectivity index (χ1v) is 10.2. The Morgan fingerprint density at radius 1 is 1.07 bits per heavy atom. The molecule has 0 unspecified atom stereocenters. The molecule has 4 heterocycles. The zero-order valence-electron chi connectivity index (χ0n) is 17.6. The van der Waals surface area contributed by atoms with E-state index in [1.54, 1.807) is 0 Å². The van der Waals surface area contributed by atoms with Crippen LogP contribution in [0, 0.1) is 27.7 Å². The second-order valence-electron chi connectivity index (χ2n) is 7.91. The number of fused-ring (bicyclic) bond motifs is 1. The minimum Gasteiger partial charge on any atom is -0.360 e. The van der Waals surface area contributed by atoms with Gasteiger partial charge in [0.05, 0.1) is 17.9 Å². The second kappa shape index (κ2) is 7.94. The molecule has 0 saturated carbocycles. The summed E-state index contributed by atoms with van der Waals surface area (Å²) in [5.74, 6) is 1.08. The van der Waals surface area contributed by atoms with Gasteiger partial charge in [0, 0.05) is 56.1 Å². The van der Waals surface area contributed by atoms with Crippen LogP contribution < -0.4 is 0 Å². The summed E-state index contributed by atoms with van der Waals surface area (Å²) in [7, 11) is 0. The number of aryl methyl sites for hydroxylation is 4. The number of piperazine rings is 1. The summed E-state index contributed by atoms with van der Waals surface area (Å²) in [5, 5.41) is 8.45. The van der Waals surface area contributed by atoms with Crippen LogP contribution in [-0.4, -0.2) is 61.6 Å². The van der Waals surface area contributed by atoms with Gasteiger partial charge in [-0.1, -0.05) is 5.16 Å². The normalized spacial score (nSPS) is 15.4. The zero-order valence-corrected chi connectivity index (χ0v) is 17.6. The van der Waals surface area contributed by atoms with Crippen molar-refractivity contribution in [1.29, 1.82) is 0 Å². The van der Waals surface area contributed by atoms with Crippen molar-refractivity contribution < 1.29 is 9.32 Å². The fourth-order valence-electron chi connectivity index (χ4n) is 4.06. The Balaban J connectivity index is 1.33. The number of nitrogens with zero attached hydrogens (tertiary/aromatic N) is 6. The first-order valence-electron chi connectivity index (χ1n) is 10.2. The minimum atomic E-state index is 0.204. The molecule has 3 aromatic rings. The monoisotopic (exact) mass is 396 g/mol. The number of aromatic nitrogens is 4. The molecule has 0 aromatic carbocycles. The first-order chi connectivity index (χ1) is 13.9. The van der Waals surface area contributed by atoms with E-state index in [2.05, 4.69) is 27.1 Å². The van der Waals surface area contributed by atoms with Crippen LogP contribution in [0.15, 0.2) is 16.7 Å². The summed E-state index contributed by atoms with van der Waals surface area (Å²) in [6.07, 6.45) is 1.19. The van der Waals surface area contributed by atoms with Crippen molar-refractivity contribution >= 4 is 11.6 Å². The van der Waals surface area contributed by atoms with E-state index in [0.717, 1.165) is 72.5 Å². The molecule has 0 N–H and O–H groups in total. The predicted molar refractivity (Wildman–Crippen MR) is 109 cm³/mol. The summed E-state index contributed by atoms with van der Waals surface area (Å²) < 4.78 is 7.18. The third kappa shape index (κ3) is 4.17. The van der Waals surface area contributed by atoms with E-state index in [1.807, 2.05) is 42.3 Å². The minimum absolute atomic E-state index is 0.204. The average Bonchev–Trinajstić information content (AvgIpc) is 3.26. The molecule has 29 heavy (non-hydrogen) atoms. The van der Waals surface area contributed by atoms with Crippen molar-refractivity contribution in [3.8, 4) is 0 Å². The predicted octanol–water partition coefficient (Wildman–Crippen LogP) is 2.23. The molecule has 1 amide bonds. The van der Waals surface area contributed by atoms with E-state index in [4.69, 9.17) is 4.52 Å². The molecule has 154 valence electrons. The maximum Gasteiger partial charge on any atom is 0.222 e. The summed E-state index contributed by atoms with van der Waals surface area (Å²) in [5.41, 5.74) is 5.89. The molecule has 1 saturated heterocycles. The molecule has 0 aliphatic carbocycles. The Morgan fingerprint density at radius 3 is 2.52 bits per heavy atom. The van der Waals surface area contributed by atoms with Gasteiger partial charge >= 0.3 is 0 Å². The average molecular weight is 396 g/mol. The van der Waals surface area contributed by atoms with Crippen molar-refractivity contribution in [3.05, 3.63) is 46.2 Å². The molecule has 4 rings (SSSR count). The van der Waals surface area contributed by atoms with E-state index in [0.29, 0.717) is 12.8 Å². The van der Waals surface area contributed by atoms with Crippen molar-refractivity contribution in [2.24, 2.45) is 0 Å². The fourth-order valence-corrected chi connectivity index (χ4v) is 4.06. The largest absolute Gasteiger partial charge is 0.360 e. The number of hydrogen-bond donors (Lipinski definition) is 0. The van der Waals surface area contributed by atoms with Crippen LogP contribution in [0.5, 0.6) is 0 Å². The Morgan fingerprint density at radius 2 is 1.83 bits per heavy atom. The van der Waals surface area contributed by atoms with Crippen LogP contribution in [0.1, 0.15) is 40.5 Å². The second-order valence-corrected chi connectivity index (χ2v) is 7.91. The number of rotatable bonds is 5. The Hall–Kier alpha value is -2.74. The molecule has 8 heteroatoms. The highest BCUT2D eigenvalue weighted by atomic mass is 16.5. The fraction of sp³-hybridized carbons (Fsp3) is 0.524. The highest BCUT2D eigenvalue weighted by Crippen LogP contribution is 2.18. The van der Waals surface area contributed by atoms with Crippen LogP contribution in [0.4, 0.5) is 0 Å². The molecular formula is C21H28N6O2. The molecule has 8 nitrogen and oxygen atoms in total. The summed E-state index contributed by atoms with van der Waals surface area (Å²) in [6.45, 7) is 11.9. The lowest BCUT2D eigenvalue weighted by Crippen LogP contribution is -2.48. The number of amides is 1. The molecule has 1 aliphatic rings. The molecular weight excluding hydrogens is 368 g/mol. The molecule has 0 radical (unpaired) electrons. The van der Waals surface area contributed by atoms with E-state index >= 15 is 0 Å². The third-order valence-electron chi connectivity index (χ3n) is 5.66. The van der Waals surface area contributed by atoms with E-state index < -0.39 is 0 Å². The first kappa shape index (κ1) is 19.6. The van der Waals surface area contributed by atoms with Crippen molar-refractivity contribution in [1.82, 2.24) is 29.6 Å². The summed E-state index contributed by atoms with van der Waals surface area (Å²) >= 11 is 0. The number of carbonyl (C=O) groups is 1. The van der Waals surface area contributed by atoms with Crippen LogP contribution >= 0.6 is 0 Å². The molecule has 0 spiro atoms. The van der Waals surface area contributed by atoms with Gasteiger partial charge in [-0.25, -0.2) is 9.50 Å². The lowest BCUT2D eigenvalue weighted by Gasteiger charge is -2.34.